The van der Waals surface area contributed by atoms with Gasteiger partial charge in [0.15, 0.2) is 17.6 Å². The van der Waals surface area contributed by atoms with Gasteiger partial charge in [-0.25, -0.2) is 9.59 Å². The Bertz CT molecular complexity index is 1250. The molecule has 1 aromatic heterocycles. The molecule has 0 aliphatic rings. The summed E-state index contributed by atoms with van der Waals surface area (Å²) in [6.07, 6.45) is 0.487. The predicted octanol–water partition coefficient (Wildman–Crippen LogP) is 2.28. The first-order valence-electron chi connectivity index (χ1n) is 8.76. The molecular weight excluding hydrogens is 458 g/mol. The number of nitrogens with zero attached hydrogens (tertiary/aromatic N) is 2. The number of rotatable bonds is 6. The van der Waals surface area contributed by atoms with Crippen LogP contribution in [0.2, 0.25) is 0 Å². The number of halogens is 1. The van der Waals surface area contributed by atoms with E-state index < -0.39 is 23.3 Å². The highest BCUT2D eigenvalue weighted by Gasteiger charge is 2.20. The highest BCUT2D eigenvalue weighted by molar-refractivity contribution is 9.10. The summed E-state index contributed by atoms with van der Waals surface area (Å²) in [6.45, 7) is 1.55. The van der Waals surface area contributed by atoms with Gasteiger partial charge in [-0.1, -0.05) is 12.1 Å². The number of carbonyl (C=O) groups excluding carboxylic acids is 1. The standard InChI is InChI=1S/C20H18BrN3O6/c1-11(19(26)29-3)30-17-14(21)8-12(9-16(17)28-2)10-22-24-18(25)13-6-4-5-7-15(13)23-20(24)27/h4-11H,1-3H3,(H,23,27)/t11-/m0/s1. The Morgan fingerprint density at radius 3 is 2.67 bits per heavy atom. The van der Waals surface area contributed by atoms with Crippen molar-refractivity contribution >= 4 is 39.0 Å². The van der Waals surface area contributed by atoms with E-state index in [1.165, 1.54) is 20.4 Å². The largest absolute Gasteiger partial charge is 0.493 e. The summed E-state index contributed by atoms with van der Waals surface area (Å²) >= 11 is 3.37. The van der Waals surface area contributed by atoms with Gasteiger partial charge in [0.05, 0.1) is 35.8 Å². The highest BCUT2D eigenvalue weighted by atomic mass is 79.9. The average molecular weight is 476 g/mol. The first-order chi connectivity index (χ1) is 14.3. The van der Waals surface area contributed by atoms with Crippen molar-refractivity contribution < 1.29 is 19.0 Å². The van der Waals surface area contributed by atoms with Gasteiger partial charge < -0.3 is 19.2 Å². The second-order valence-corrected chi connectivity index (χ2v) is 7.01. The number of hydrogen-bond acceptors (Lipinski definition) is 7. The molecule has 0 unspecified atom stereocenters. The summed E-state index contributed by atoms with van der Waals surface area (Å²) in [5, 5.41) is 4.36. The summed E-state index contributed by atoms with van der Waals surface area (Å²) in [7, 11) is 2.71. The molecule has 10 heteroatoms. The van der Waals surface area contributed by atoms with E-state index in [4.69, 9.17) is 9.47 Å². The SMILES string of the molecule is COC(=O)[C@H](C)Oc1c(Br)cc(C=Nn2c(=O)[nH]c3ccccc3c2=O)cc1OC. The number of benzene rings is 2. The van der Waals surface area contributed by atoms with E-state index in [0.717, 1.165) is 4.68 Å². The second-order valence-electron chi connectivity index (χ2n) is 6.15. The maximum absolute atomic E-state index is 12.6. The molecule has 0 saturated heterocycles. The Hall–Kier alpha value is -3.40. The topological polar surface area (TPSA) is 112 Å². The number of carbonyl (C=O) groups is 1. The van der Waals surface area contributed by atoms with E-state index in [2.05, 4.69) is 30.8 Å². The van der Waals surface area contributed by atoms with E-state index in [1.54, 1.807) is 43.3 Å². The van der Waals surface area contributed by atoms with Crippen LogP contribution in [0.3, 0.4) is 0 Å². The lowest BCUT2D eigenvalue weighted by Gasteiger charge is -2.17. The number of methoxy groups -OCH3 is 2. The summed E-state index contributed by atoms with van der Waals surface area (Å²) in [6, 6.07) is 9.90. The van der Waals surface area contributed by atoms with Gasteiger partial charge in [0.2, 0.25) is 0 Å². The molecule has 3 aromatic rings. The number of H-pyrrole nitrogens is 1. The summed E-state index contributed by atoms with van der Waals surface area (Å²) in [4.78, 5) is 39.0. The first kappa shape index (κ1) is 21.3. The zero-order chi connectivity index (χ0) is 21.8. The minimum atomic E-state index is -0.852. The molecule has 1 heterocycles. The summed E-state index contributed by atoms with van der Waals surface area (Å²) in [5.74, 6) is 0.0825. The van der Waals surface area contributed by atoms with Gasteiger partial charge in [0, 0.05) is 0 Å². The van der Waals surface area contributed by atoms with Crippen LogP contribution in [0.5, 0.6) is 11.5 Å². The number of esters is 1. The highest BCUT2D eigenvalue weighted by Crippen LogP contribution is 2.37. The number of aromatic nitrogens is 2. The van der Waals surface area contributed by atoms with Gasteiger partial charge >= 0.3 is 11.7 Å². The number of para-hydroxylation sites is 1. The Morgan fingerprint density at radius 2 is 1.97 bits per heavy atom. The smallest absolute Gasteiger partial charge is 0.349 e. The van der Waals surface area contributed by atoms with Crippen molar-refractivity contribution in [3.63, 3.8) is 0 Å². The van der Waals surface area contributed by atoms with Gasteiger partial charge in [-0.15, -0.1) is 4.68 Å². The van der Waals surface area contributed by atoms with Crippen molar-refractivity contribution in [2.45, 2.75) is 13.0 Å². The Kier molecular flexibility index (Phi) is 6.36. The lowest BCUT2D eigenvalue weighted by atomic mass is 10.2. The summed E-state index contributed by atoms with van der Waals surface area (Å²) in [5.41, 5.74) is -0.239. The lowest BCUT2D eigenvalue weighted by Crippen LogP contribution is -2.32. The average Bonchev–Trinajstić information content (AvgIpc) is 2.74. The molecule has 2 aromatic carbocycles. The fourth-order valence-corrected chi connectivity index (χ4v) is 3.26. The van der Waals surface area contributed by atoms with Crippen LogP contribution in [0.1, 0.15) is 12.5 Å². The Morgan fingerprint density at radius 1 is 1.23 bits per heavy atom. The van der Waals surface area contributed by atoms with Gasteiger partial charge in [-0.05, 0) is 52.7 Å². The lowest BCUT2D eigenvalue weighted by molar-refractivity contribution is -0.147. The van der Waals surface area contributed by atoms with E-state index in [1.807, 2.05) is 0 Å². The quantitative estimate of drug-likeness (QED) is 0.432. The zero-order valence-electron chi connectivity index (χ0n) is 16.3. The molecule has 0 saturated carbocycles. The molecule has 0 bridgehead atoms. The second kappa shape index (κ2) is 8.95. The minimum Gasteiger partial charge on any atom is -0.493 e. The van der Waals surface area contributed by atoms with Crippen molar-refractivity contribution in [2.24, 2.45) is 5.10 Å². The van der Waals surface area contributed by atoms with E-state index >= 15 is 0 Å². The van der Waals surface area contributed by atoms with Gasteiger partial charge in [-0.3, -0.25) is 4.79 Å². The van der Waals surface area contributed by atoms with Crippen LogP contribution in [0, 0.1) is 0 Å². The predicted molar refractivity (Wildman–Crippen MR) is 115 cm³/mol. The summed E-state index contributed by atoms with van der Waals surface area (Å²) < 4.78 is 16.8. The molecule has 1 N–H and O–H groups in total. The van der Waals surface area contributed by atoms with Crippen molar-refractivity contribution in [2.75, 3.05) is 14.2 Å². The molecule has 156 valence electrons. The third-order valence-electron chi connectivity index (χ3n) is 4.19. The fourth-order valence-electron chi connectivity index (χ4n) is 2.70. The van der Waals surface area contributed by atoms with Crippen LogP contribution in [0.4, 0.5) is 0 Å². The van der Waals surface area contributed by atoms with Crippen LogP contribution in [0.15, 0.2) is 55.6 Å². The molecule has 0 spiro atoms. The molecule has 9 nitrogen and oxygen atoms in total. The fraction of sp³-hybridized carbons (Fsp3) is 0.200. The molecule has 3 rings (SSSR count). The number of nitrogens with one attached hydrogen (secondary N) is 1. The molecule has 0 radical (unpaired) electrons. The number of ether oxygens (including phenoxy) is 3. The van der Waals surface area contributed by atoms with Gasteiger partial charge in [0.25, 0.3) is 5.56 Å². The van der Waals surface area contributed by atoms with Crippen LogP contribution in [-0.4, -0.2) is 42.2 Å². The number of aromatic amines is 1. The van der Waals surface area contributed by atoms with E-state index in [0.29, 0.717) is 32.4 Å². The molecule has 1 atom stereocenters. The molecule has 0 amide bonds. The molecule has 0 fully saturated rings. The zero-order valence-corrected chi connectivity index (χ0v) is 17.9. The molecular formula is C20H18BrN3O6. The van der Waals surface area contributed by atoms with Crippen molar-refractivity contribution in [1.82, 2.24) is 9.66 Å². The van der Waals surface area contributed by atoms with Gasteiger partial charge in [-0.2, -0.15) is 5.10 Å². The van der Waals surface area contributed by atoms with Crippen LogP contribution >= 0.6 is 15.9 Å². The number of fused-ring (bicyclic) bond motifs is 1. The third-order valence-corrected chi connectivity index (χ3v) is 4.77. The van der Waals surface area contributed by atoms with Crippen LogP contribution in [0.25, 0.3) is 10.9 Å². The van der Waals surface area contributed by atoms with Crippen molar-refractivity contribution in [3.05, 3.63) is 67.3 Å². The normalized spacial score (nSPS) is 12.1. The third kappa shape index (κ3) is 4.28. The monoisotopic (exact) mass is 475 g/mol. The van der Waals surface area contributed by atoms with Crippen molar-refractivity contribution in [3.8, 4) is 11.5 Å². The van der Waals surface area contributed by atoms with Crippen LogP contribution < -0.4 is 20.7 Å². The van der Waals surface area contributed by atoms with E-state index in [9.17, 15) is 14.4 Å². The first-order valence-corrected chi connectivity index (χ1v) is 9.55. The molecule has 0 aliphatic carbocycles. The number of hydrogen-bond donors (Lipinski definition) is 1. The Labute approximate surface area is 179 Å². The molecule has 0 aliphatic heterocycles. The Balaban J connectivity index is 1.98. The maximum atomic E-state index is 12.6. The van der Waals surface area contributed by atoms with Gasteiger partial charge in [0.1, 0.15) is 0 Å². The van der Waals surface area contributed by atoms with Crippen molar-refractivity contribution in [1.29, 1.82) is 0 Å². The maximum Gasteiger partial charge on any atom is 0.349 e. The minimum absolute atomic E-state index is 0.299. The van der Waals surface area contributed by atoms with E-state index in [-0.39, 0.29) is 0 Å². The van der Waals surface area contributed by atoms with Crippen LogP contribution in [-0.2, 0) is 9.53 Å². The molecule has 30 heavy (non-hydrogen) atoms.